The average Bonchev–Trinajstić information content (AvgIpc) is 2.73. The molecule has 1 aromatic carbocycles. The molecular weight excluding hydrogens is 392 g/mol. The maximum atomic E-state index is 12.7. The van der Waals surface area contributed by atoms with Gasteiger partial charge in [-0.1, -0.05) is 63.1 Å². The normalized spacial score (nSPS) is 38.8. The van der Waals surface area contributed by atoms with Gasteiger partial charge in [-0.05, 0) is 78.7 Å². The highest BCUT2D eigenvalue weighted by Gasteiger charge is 2.55. The van der Waals surface area contributed by atoms with Crippen molar-refractivity contribution in [3.05, 3.63) is 54.6 Å². The van der Waals surface area contributed by atoms with Crippen molar-refractivity contribution in [1.29, 1.82) is 0 Å². The lowest BCUT2D eigenvalue weighted by molar-refractivity contribution is -0.0490. The lowest BCUT2D eigenvalue weighted by atomic mass is 9.46. The second-order valence-corrected chi connectivity index (χ2v) is 12.3. The van der Waals surface area contributed by atoms with Crippen molar-refractivity contribution in [1.82, 2.24) is 0 Å². The van der Waals surface area contributed by atoms with Gasteiger partial charge < -0.3 is 0 Å². The molecule has 2 fully saturated rings. The summed E-state index contributed by atoms with van der Waals surface area (Å²) in [6.07, 6.45) is 12.6. The summed E-state index contributed by atoms with van der Waals surface area (Å²) < 4.78 is 31.2. The number of hydrogen-bond acceptors (Lipinski definition) is 3. The molecule has 164 valence electrons. The predicted octanol–water partition coefficient (Wildman–Crippen LogP) is 6.53. The molecule has 0 aromatic heterocycles. The third-order valence-electron chi connectivity index (χ3n) is 8.53. The van der Waals surface area contributed by atoms with Crippen LogP contribution in [0.1, 0.15) is 65.7 Å². The van der Waals surface area contributed by atoms with Gasteiger partial charge >= 0.3 is 0 Å². The summed E-state index contributed by atoms with van der Waals surface area (Å²) in [4.78, 5) is 0.245. The second-order valence-electron chi connectivity index (χ2n) is 10.7. The van der Waals surface area contributed by atoms with Crippen LogP contribution < -0.4 is 0 Å². The monoisotopic (exact) mass is 428 g/mol. The molecule has 3 nitrogen and oxygen atoms in total. The van der Waals surface area contributed by atoms with Crippen molar-refractivity contribution < 1.29 is 12.6 Å². The van der Waals surface area contributed by atoms with E-state index in [1.807, 2.05) is 6.07 Å². The molecule has 0 radical (unpaired) electrons. The molecule has 0 bridgehead atoms. The van der Waals surface area contributed by atoms with E-state index >= 15 is 0 Å². The van der Waals surface area contributed by atoms with Gasteiger partial charge in [0.2, 0.25) is 0 Å². The minimum Gasteiger partial charge on any atom is -0.266 e. The Morgan fingerprint density at radius 1 is 1.13 bits per heavy atom. The van der Waals surface area contributed by atoms with Crippen LogP contribution in [0.25, 0.3) is 0 Å². The van der Waals surface area contributed by atoms with Crippen LogP contribution in [0.15, 0.2) is 59.5 Å². The molecule has 0 aliphatic heterocycles. The molecule has 30 heavy (non-hydrogen) atoms. The van der Waals surface area contributed by atoms with E-state index in [1.54, 1.807) is 29.8 Å². The Bertz CT molecular complexity index is 934. The van der Waals surface area contributed by atoms with Gasteiger partial charge in [-0.25, -0.2) is 0 Å². The van der Waals surface area contributed by atoms with Crippen LogP contribution in [0.3, 0.4) is 0 Å². The number of benzene rings is 1. The summed E-state index contributed by atoms with van der Waals surface area (Å²) in [5, 5.41) is 0. The number of rotatable bonds is 5. The van der Waals surface area contributed by atoms with Gasteiger partial charge in [-0.3, -0.25) is 4.18 Å². The van der Waals surface area contributed by atoms with Gasteiger partial charge in [0, 0.05) is 0 Å². The molecule has 2 saturated carbocycles. The smallest absolute Gasteiger partial charge is 0.266 e. The molecule has 0 amide bonds. The molecule has 0 spiro atoms. The topological polar surface area (TPSA) is 43.4 Å². The zero-order valence-electron chi connectivity index (χ0n) is 18.7. The Hall–Kier alpha value is -1.39. The van der Waals surface area contributed by atoms with Crippen molar-refractivity contribution >= 4 is 10.1 Å². The fraction of sp³-hybridized carbons (Fsp3) is 0.615. The first-order chi connectivity index (χ1) is 14.1. The van der Waals surface area contributed by atoms with Crippen molar-refractivity contribution in [2.75, 3.05) is 6.61 Å². The first-order valence-corrected chi connectivity index (χ1v) is 12.8. The summed E-state index contributed by atoms with van der Waals surface area (Å²) in [5.41, 5.74) is 1.87. The van der Waals surface area contributed by atoms with Crippen LogP contribution >= 0.6 is 0 Å². The average molecular weight is 429 g/mol. The lowest BCUT2D eigenvalue weighted by Crippen LogP contribution is -2.51. The van der Waals surface area contributed by atoms with Gasteiger partial charge in [0.05, 0.1) is 11.5 Å². The molecular formula is C26H36O3S. The van der Waals surface area contributed by atoms with E-state index in [9.17, 15) is 8.42 Å². The zero-order valence-corrected chi connectivity index (χ0v) is 19.5. The molecule has 0 N–H and O–H groups in total. The fourth-order valence-electron chi connectivity index (χ4n) is 6.79. The minimum atomic E-state index is -3.72. The third kappa shape index (κ3) is 3.71. The van der Waals surface area contributed by atoms with Crippen LogP contribution in [0.5, 0.6) is 0 Å². The Kier molecular flexibility index (Phi) is 5.55. The molecule has 0 heterocycles. The van der Waals surface area contributed by atoms with Gasteiger partial charge in [0.25, 0.3) is 10.1 Å². The predicted molar refractivity (Wildman–Crippen MR) is 121 cm³/mol. The molecule has 2 unspecified atom stereocenters. The first kappa shape index (κ1) is 21.8. The van der Waals surface area contributed by atoms with E-state index < -0.39 is 10.1 Å². The summed E-state index contributed by atoms with van der Waals surface area (Å²) in [6.45, 7) is 11.4. The van der Waals surface area contributed by atoms with E-state index in [1.165, 1.54) is 19.3 Å². The van der Waals surface area contributed by atoms with Crippen molar-refractivity contribution in [3.8, 4) is 0 Å². The highest BCUT2D eigenvalue weighted by atomic mass is 32.2. The number of allylic oxidation sites excluding steroid dienone is 3. The van der Waals surface area contributed by atoms with Crippen LogP contribution in [0.4, 0.5) is 0 Å². The van der Waals surface area contributed by atoms with E-state index in [2.05, 4.69) is 39.5 Å². The van der Waals surface area contributed by atoms with E-state index in [-0.39, 0.29) is 27.7 Å². The Balaban J connectivity index is 1.57. The summed E-state index contributed by atoms with van der Waals surface area (Å²) in [5.74, 6) is 1.10. The molecule has 3 aliphatic carbocycles. The van der Waals surface area contributed by atoms with Gasteiger partial charge in [-0.2, -0.15) is 8.42 Å². The molecule has 4 heteroatoms. The van der Waals surface area contributed by atoms with Gasteiger partial charge in [-0.15, -0.1) is 6.58 Å². The molecule has 0 saturated heterocycles. The number of fused-ring (bicyclic) bond motifs is 3. The zero-order chi connectivity index (χ0) is 21.6. The second kappa shape index (κ2) is 7.63. The first-order valence-electron chi connectivity index (χ1n) is 11.4. The van der Waals surface area contributed by atoms with Crippen molar-refractivity contribution in [2.45, 2.75) is 70.6 Å². The van der Waals surface area contributed by atoms with E-state index in [0.717, 1.165) is 25.7 Å². The Labute approximate surface area is 182 Å². The van der Waals surface area contributed by atoms with E-state index in [0.29, 0.717) is 11.8 Å². The highest BCUT2D eigenvalue weighted by molar-refractivity contribution is 7.86. The SMILES string of the molecule is C=C[C@@]1(C)CC=C2C(CCC3[C@](C)(COS(=O)(=O)c4ccccc4)CCC[C@@]23C)C1. The highest BCUT2D eigenvalue weighted by Crippen LogP contribution is 2.63. The van der Waals surface area contributed by atoms with Gasteiger partial charge in [0.15, 0.2) is 0 Å². The molecule has 4 rings (SSSR count). The fourth-order valence-corrected chi connectivity index (χ4v) is 7.84. The standard InChI is InChI=1S/C26H36O3S/c1-5-24(2)17-14-22-20(18-24)12-13-23-25(3,15-9-16-26(22,23)4)19-29-30(27,28)21-10-7-6-8-11-21/h5-8,10-11,14,20,23H,1,9,12-13,15-19H2,2-4H3/t20?,23?,24-,25-,26-/m0/s1. The van der Waals surface area contributed by atoms with Gasteiger partial charge in [0.1, 0.15) is 0 Å². The molecule has 5 atom stereocenters. The van der Waals surface area contributed by atoms with Crippen molar-refractivity contribution in [2.24, 2.45) is 28.1 Å². The minimum absolute atomic E-state index is 0.125. The largest absolute Gasteiger partial charge is 0.296 e. The number of hydrogen-bond donors (Lipinski definition) is 0. The van der Waals surface area contributed by atoms with Crippen LogP contribution in [0, 0.1) is 28.1 Å². The lowest BCUT2D eigenvalue weighted by Gasteiger charge is -2.59. The molecule has 3 aliphatic rings. The summed E-state index contributed by atoms with van der Waals surface area (Å²) in [7, 11) is -3.72. The maximum absolute atomic E-state index is 12.7. The maximum Gasteiger partial charge on any atom is 0.296 e. The van der Waals surface area contributed by atoms with Crippen LogP contribution in [-0.4, -0.2) is 15.0 Å². The van der Waals surface area contributed by atoms with Crippen LogP contribution in [0.2, 0.25) is 0 Å². The Morgan fingerprint density at radius 2 is 1.87 bits per heavy atom. The summed E-state index contributed by atoms with van der Waals surface area (Å²) in [6, 6.07) is 8.52. The van der Waals surface area contributed by atoms with E-state index in [4.69, 9.17) is 4.18 Å². The quantitative estimate of drug-likeness (QED) is 0.396. The summed E-state index contributed by atoms with van der Waals surface area (Å²) >= 11 is 0. The third-order valence-corrected chi connectivity index (χ3v) is 9.80. The van der Waals surface area contributed by atoms with Crippen molar-refractivity contribution in [3.63, 3.8) is 0 Å². The molecule has 1 aromatic rings. The van der Waals surface area contributed by atoms with Crippen LogP contribution in [-0.2, 0) is 14.3 Å². The Morgan fingerprint density at radius 3 is 2.57 bits per heavy atom.